The zero-order valence-electron chi connectivity index (χ0n) is 25.5. The molecule has 0 radical (unpaired) electrons. The van der Waals surface area contributed by atoms with E-state index in [0.717, 1.165) is 44.1 Å². The minimum atomic E-state index is -1.56. The zero-order valence-corrected chi connectivity index (χ0v) is 25.5. The number of fused-ring (bicyclic) bond motifs is 7. The molecule has 40 heavy (non-hydrogen) atoms. The first-order valence-corrected chi connectivity index (χ1v) is 14.9. The van der Waals surface area contributed by atoms with E-state index < -0.39 is 33.4 Å². The van der Waals surface area contributed by atoms with E-state index in [1.165, 1.54) is 7.11 Å². The molecule has 0 aromatic heterocycles. The second kappa shape index (κ2) is 8.53. The monoisotopic (exact) mass is 550 g/mol. The predicted molar refractivity (Wildman–Crippen MR) is 151 cm³/mol. The van der Waals surface area contributed by atoms with E-state index in [0.29, 0.717) is 13.0 Å². The van der Waals surface area contributed by atoms with Gasteiger partial charge in [0.1, 0.15) is 11.7 Å². The molecule has 7 nitrogen and oxygen atoms in total. The number of rotatable bonds is 2. The summed E-state index contributed by atoms with van der Waals surface area (Å²) in [6.45, 7) is 15.1. The molecule has 1 amide bonds. The Morgan fingerprint density at radius 1 is 1.05 bits per heavy atom. The molecule has 0 aromatic carbocycles. The highest BCUT2D eigenvalue weighted by atomic mass is 16.5. The lowest BCUT2D eigenvalue weighted by Crippen LogP contribution is -2.74. The fourth-order valence-electron chi connectivity index (χ4n) is 10.3. The minimum absolute atomic E-state index is 0.0391. The molecule has 7 heteroatoms. The van der Waals surface area contributed by atoms with Crippen LogP contribution in [0.4, 0.5) is 4.79 Å². The molecule has 0 aliphatic heterocycles. The summed E-state index contributed by atoms with van der Waals surface area (Å²) in [5.74, 6) is -0.670. The van der Waals surface area contributed by atoms with Gasteiger partial charge in [-0.15, -0.1) is 0 Å². The molecule has 5 aliphatic rings. The molecule has 0 heterocycles. The molecule has 3 saturated carbocycles. The van der Waals surface area contributed by atoms with E-state index in [1.54, 1.807) is 6.08 Å². The highest BCUT2D eigenvalue weighted by Crippen LogP contribution is 2.75. The van der Waals surface area contributed by atoms with Gasteiger partial charge in [-0.05, 0) is 78.8 Å². The molecule has 0 aromatic rings. The Kier molecular flexibility index (Phi) is 6.20. The number of carbonyl (C=O) groups is 3. The van der Waals surface area contributed by atoms with E-state index in [2.05, 4.69) is 46.0 Å². The van der Waals surface area contributed by atoms with E-state index in [1.807, 2.05) is 19.9 Å². The van der Waals surface area contributed by atoms with Crippen LogP contribution < -0.4 is 5.32 Å². The first kappa shape index (κ1) is 29.0. The van der Waals surface area contributed by atoms with Crippen LogP contribution in [0.15, 0.2) is 23.3 Å². The van der Waals surface area contributed by atoms with Crippen LogP contribution in [0, 0.1) is 55.7 Å². The first-order chi connectivity index (χ1) is 18.4. The van der Waals surface area contributed by atoms with E-state index in [9.17, 15) is 24.8 Å². The lowest BCUT2D eigenvalue weighted by Gasteiger charge is -2.71. The van der Waals surface area contributed by atoms with Gasteiger partial charge in [-0.25, -0.2) is 4.79 Å². The van der Waals surface area contributed by atoms with Gasteiger partial charge in [0.05, 0.1) is 12.7 Å². The maximum atomic E-state index is 14.5. The molecule has 2 N–H and O–H groups in total. The van der Waals surface area contributed by atoms with Crippen molar-refractivity contribution in [3.8, 4) is 6.07 Å². The van der Waals surface area contributed by atoms with Gasteiger partial charge < -0.3 is 15.2 Å². The maximum Gasteiger partial charge on any atom is 0.406 e. The van der Waals surface area contributed by atoms with Crippen LogP contribution in [-0.4, -0.2) is 42.0 Å². The number of nitrogens with one attached hydrogen (secondary N) is 1. The summed E-state index contributed by atoms with van der Waals surface area (Å²) in [4.78, 5) is 39.6. The largest absolute Gasteiger partial charge is 0.453 e. The minimum Gasteiger partial charge on any atom is -0.453 e. The Morgan fingerprint density at radius 3 is 2.33 bits per heavy atom. The molecule has 5 aliphatic carbocycles. The fraction of sp³-hybridized carbons (Fsp3) is 0.758. The number of ketones is 2. The van der Waals surface area contributed by atoms with Crippen molar-refractivity contribution in [2.24, 2.45) is 44.3 Å². The number of alkyl carbamates (subject to hydrolysis) is 1. The van der Waals surface area contributed by atoms with Crippen molar-refractivity contribution in [2.45, 2.75) is 99.0 Å². The Balaban J connectivity index is 1.64. The zero-order chi connectivity index (χ0) is 29.7. The van der Waals surface area contributed by atoms with Crippen LogP contribution in [0.5, 0.6) is 0 Å². The number of methoxy groups -OCH3 is 1. The molecular weight excluding hydrogens is 504 g/mol. The van der Waals surface area contributed by atoms with Gasteiger partial charge in [0, 0.05) is 28.7 Å². The fourth-order valence-corrected chi connectivity index (χ4v) is 10.3. The summed E-state index contributed by atoms with van der Waals surface area (Å²) in [6, 6.07) is 2.15. The quantitative estimate of drug-likeness (QED) is 0.457. The number of Topliss-reactive ketones (excluding diaryl/α,β-unsaturated/α-hetero) is 1. The standard InChI is InChI=1S/C33H46N2O5/c1-27(2)21-9-10-31(6)22(30(21,5)16-20(18-34)25(27)37)15-24(36)33(39)23-17-28(3,19-35-26(38)40-8)11-12-29(23,4)13-14-32(31,33)7/h15-16,21,23,39H,9-14,17,19H2,1-8H3,(H,35,38)/t21-,23+,28-,29+,30-,31+,32-,33+/m0/s1. The molecule has 8 atom stereocenters. The second-order valence-corrected chi connectivity index (χ2v) is 15.5. The smallest absolute Gasteiger partial charge is 0.406 e. The number of hydrogen-bond donors (Lipinski definition) is 2. The Hall–Kier alpha value is -2.46. The number of nitrogens with zero attached hydrogens (tertiary/aromatic N) is 1. The van der Waals surface area contributed by atoms with Crippen LogP contribution in [-0.2, 0) is 14.3 Å². The SMILES string of the molecule is COC(=O)NC[C@@]1(C)CC[C@]2(C)CC[C@@]3(C)[C@]4(C)CC[C@H]5C(C)(C)C(=O)C(C#N)=C[C@]5(C)C4=CC(=O)[C@]3(O)[C@@H]2C1. The van der Waals surface area contributed by atoms with Crippen LogP contribution in [0.25, 0.3) is 0 Å². The lowest BCUT2D eigenvalue weighted by molar-refractivity contribution is -0.243. The van der Waals surface area contributed by atoms with Crippen LogP contribution in [0.1, 0.15) is 93.4 Å². The third kappa shape index (κ3) is 3.41. The van der Waals surface area contributed by atoms with E-state index in [4.69, 9.17) is 4.74 Å². The van der Waals surface area contributed by atoms with Gasteiger partial charge in [0.15, 0.2) is 11.6 Å². The van der Waals surface area contributed by atoms with Crippen molar-refractivity contribution >= 4 is 17.7 Å². The summed E-state index contributed by atoms with van der Waals surface area (Å²) in [6.07, 6.45) is 8.66. The summed E-state index contributed by atoms with van der Waals surface area (Å²) < 4.78 is 4.81. The first-order valence-electron chi connectivity index (χ1n) is 14.9. The number of aliphatic hydroxyl groups is 1. The van der Waals surface area contributed by atoms with Crippen molar-refractivity contribution in [2.75, 3.05) is 13.7 Å². The number of ether oxygens (including phenoxy) is 1. The van der Waals surface area contributed by atoms with Crippen molar-refractivity contribution < 1.29 is 24.2 Å². The molecule has 5 rings (SSSR count). The van der Waals surface area contributed by atoms with Gasteiger partial charge in [-0.1, -0.05) is 54.5 Å². The van der Waals surface area contributed by atoms with Crippen LogP contribution in [0.2, 0.25) is 0 Å². The number of carbonyl (C=O) groups excluding carboxylic acids is 3. The van der Waals surface area contributed by atoms with Gasteiger partial charge in [0.2, 0.25) is 0 Å². The molecule has 0 bridgehead atoms. The van der Waals surface area contributed by atoms with Gasteiger partial charge in [-0.3, -0.25) is 9.59 Å². The van der Waals surface area contributed by atoms with E-state index >= 15 is 0 Å². The average Bonchev–Trinajstić information content (AvgIpc) is 2.90. The highest BCUT2D eigenvalue weighted by molar-refractivity contribution is 6.05. The predicted octanol–water partition coefficient (Wildman–Crippen LogP) is 5.68. The maximum absolute atomic E-state index is 14.5. The molecule has 0 saturated heterocycles. The molecule has 218 valence electrons. The van der Waals surface area contributed by atoms with Gasteiger partial charge >= 0.3 is 6.09 Å². The number of nitriles is 1. The Bertz CT molecular complexity index is 1290. The van der Waals surface area contributed by atoms with Crippen molar-refractivity contribution in [1.82, 2.24) is 5.32 Å². The van der Waals surface area contributed by atoms with Crippen LogP contribution in [0.3, 0.4) is 0 Å². The second-order valence-electron chi connectivity index (χ2n) is 15.5. The normalized spacial score (nSPS) is 47.3. The van der Waals surface area contributed by atoms with Gasteiger partial charge in [0.25, 0.3) is 0 Å². The summed E-state index contributed by atoms with van der Waals surface area (Å²) in [7, 11) is 1.35. The Morgan fingerprint density at radius 2 is 1.70 bits per heavy atom. The number of allylic oxidation sites excluding steroid dienone is 3. The summed E-state index contributed by atoms with van der Waals surface area (Å²) in [5, 5.41) is 25.7. The van der Waals surface area contributed by atoms with Crippen molar-refractivity contribution in [1.29, 1.82) is 5.26 Å². The van der Waals surface area contributed by atoms with Crippen LogP contribution >= 0.6 is 0 Å². The molecule has 0 unspecified atom stereocenters. The Labute approximate surface area is 238 Å². The topological polar surface area (TPSA) is 116 Å². The molecule has 0 spiro atoms. The average molecular weight is 551 g/mol. The lowest BCUT2D eigenvalue weighted by atomic mass is 9.33. The molecule has 3 fully saturated rings. The summed E-state index contributed by atoms with van der Waals surface area (Å²) in [5.41, 5.74) is -3.46. The van der Waals surface area contributed by atoms with E-state index in [-0.39, 0.29) is 39.8 Å². The van der Waals surface area contributed by atoms with Crippen molar-refractivity contribution in [3.05, 3.63) is 23.3 Å². The third-order valence-electron chi connectivity index (χ3n) is 13.2. The molecular formula is C33H46N2O5. The highest BCUT2D eigenvalue weighted by Gasteiger charge is 2.75. The third-order valence-corrected chi connectivity index (χ3v) is 13.2. The summed E-state index contributed by atoms with van der Waals surface area (Å²) >= 11 is 0. The number of amides is 1. The number of hydrogen-bond acceptors (Lipinski definition) is 6. The van der Waals surface area contributed by atoms with Crippen molar-refractivity contribution in [3.63, 3.8) is 0 Å². The van der Waals surface area contributed by atoms with Gasteiger partial charge in [-0.2, -0.15) is 5.26 Å².